The molecule has 0 spiro atoms. The van der Waals surface area contributed by atoms with E-state index in [4.69, 9.17) is 13.9 Å². The van der Waals surface area contributed by atoms with E-state index in [1.54, 1.807) is 11.0 Å². The van der Waals surface area contributed by atoms with E-state index in [0.717, 1.165) is 5.39 Å². The van der Waals surface area contributed by atoms with Gasteiger partial charge in [-0.2, -0.15) is 0 Å². The summed E-state index contributed by atoms with van der Waals surface area (Å²) in [6.45, 7) is 3.04. The minimum absolute atomic E-state index is 0.139. The summed E-state index contributed by atoms with van der Waals surface area (Å²) in [5.74, 6) is -0.382. The van der Waals surface area contributed by atoms with Crippen LogP contribution in [0.3, 0.4) is 0 Å². The Labute approximate surface area is 144 Å². The molecule has 7 heteroatoms. The molecule has 2 aromatic rings. The van der Waals surface area contributed by atoms with Gasteiger partial charge in [-0.05, 0) is 18.6 Å². The number of carbonyl (C=O) groups excluding carboxylic acids is 2. The van der Waals surface area contributed by atoms with Crippen molar-refractivity contribution in [1.29, 1.82) is 0 Å². The van der Waals surface area contributed by atoms with Gasteiger partial charge in [-0.3, -0.25) is 9.59 Å². The number of hydrogen-bond acceptors (Lipinski definition) is 5. The fraction of sp³-hybridized carbons (Fsp3) is 0.444. The SMILES string of the molecule is O=C(Nc1c(C(=O)N2CCOCC2)oc2ccccc12)C1CCOC1. The molecule has 1 N–H and O–H groups in total. The molecule has 0 saturated carbocycles. The second-order valence-electron chi connectivity index (χ2n) is 6.26. The van der Waals surface area contributed by atoms with Gasteiger partial charge in [0.05, 0.1) is 25.7 Å². The number of morpholine rings is 1. The van der Waals surface area contributed by atoms with Gasteiger partial charge in [0, 0.05) is 25.1 Å². The van der Waals surface area contributed by atoms with Gasteiger partial charge in [-0.1, -0.05) is 12.1 Å². The minimum atomic E-state index is -0.225. The largest absolute Gasteiger partial charge is 0.449 e. The number of benzene rings is 1. The van der Waals surface area contributed by atoms with Crippen molar-refractivity contribution in [2.45, 2.75) is 6.42 Å². The van der Waals surface area contributed by atoms with Gasteiger partial charge < -0.3 is 24.1 Å². The monoisotopic (exact) mass is 344 g/mol. The number of nitrogens with one attached hydrogen (secondary N) is 1. The fourth-order valence-electron chi connectivity index (χ4n) is 3.20. The highest BCUT2D eigenvalue weighted by Crippen LogP contribution is 2.32. The van der Waals surface area contributed by atoms with Crippen LogP contribution in [0.5, 0.6) is 0 Å². The third kappa shape index (κ3) is 3.12. The van der Waals surface area contributed by atoms with Crippen LogP contribution in [0.2, 0.25) is 0 Å². The number of hydrogen-bond donors (Lipinski definition) is 1. The van der Waals surface area contributed by atoms with Gasteiger partial charge in [0.15, 0.2) is 0 Å². The van der Waals surface area contributed by atoms with Gasteiger partial charge >= 0.3 is 0 Å². The van der Waals surface area contributed by atoms with Gasteiger partial charge in [0.25, 0.3) is 5.91 Å². The maximum absolute atomic E-state index is 12.9. The summed E-state index contributed by atoms with van der Waals surface area (Å²) in [7, 11) is 0. The third-order valence-electron chi connectivity index (χ3n) is 4.64. The zero-order chi connectivity index (χ0) is 17.2. The molecule has 0 radical (unpaired) electrons. The van der Waals surface area contributed by atoms with E-state index in [-0.39, 0.29) is 23.5 Å². The van der Waals surface area contributed by atoms with Crippen molar-refractivity contribution in [1.82, 2.24) is 4.90 Å². The number of para-hydroxylation sites is 1. The molecule has 1 aromatic heterocycles. The van der Waals surface area contributed by atoms with Gasteiger partial charge in [0.2, 0.25) is 11.7 Å². The molecule has 0 aliphatic carbocycles. The second-order valence-corrected chi connectivity index (χ2v) is 6.26. The number of rotatable bonds is 3. The first-order chi connectivity index (χ1) is 12.2. The molecule has 2 saturated heterocycles. The summed E-state index contributed by atoms with van der Waals surface area (Å²) in [5.41, 5.74) is 1.03. The van der Waals surface area contributed by atoms with Gasteiger partial charge in [0.1, 0.15) is 11.3 Å². The first-order valence-corrected chi connectivity index (χ1v) is 8.51. The molecule has 4 rings (SSSR count). The van der Waals surface area contributed by atoms with Crippen LogP contribution in [-0.2, 0) is 14.3 Å². The number of furan rings is 1. The Bertz CT molecular complexity index is 788. The number of carbonyl (C=O) groups is 2. The molecule has 25 heavy (non-hydrogen) atoms. The van der Waals surface area contributed by atoms with E-state index in [1.165, 1.54) is 0 Å². The Kier molecular flexibility index (Phi) is 4.42. The Balaban J connectivity index is 1.67. The molecule has 132 valence electrons. The van der Waals surface area contributed by atoms with Crippen LogP contribution in [0, 0.1) is 5.92 Å². The van der Waals surface area contributed by atoms with Gasteiger partial charge in [-0.25, -0.2) is 0 Å². The number of nitrogens with zero attached hydrogens (tertiary/aromatic N) is 1. The van der Waals surface area contributed by atoms with Crippen molar-refractivity contribution in [3.8, 4) is 0 Å². The lowest BCUT2D eigenvalue weighted by atomic mass is 10.1. The van der Waals surface area contributed by atoms with E-state index in [0.29, 0.717) is 57.2 Å². The zero-order valence-corrected chi connectivity index (χ0v) is 13.8. The number of fused-ring (bicyclic) bond motifs is 1. The average molecular weight is 344 g/mol. The van der Waals surface area contributed by atoms with E-state index in [1.807, 2.05) is 18.2 Å². The lowest BCUT2D eigenvalue weighted by Crippen LogP contribution is -2.40. The minimum Gasteiger partial charge on any atom is -0.449 e. The predicted molar refractivity (Wildman–Crippen MR) is 90.5 cm³/mol. The molecule has 1 atom stereocenters. The van der Waals surface area contributed by atoms with Crippen molar-refractivity contribution in [3.63, 3.8) is 0 Å². The fourth-order valence-corrected chi connectivity index (χ4v) is 3.20. The van der Waals surface area contributed by atoms with Crippen molar-refractivity contribution >= 4 is 28.5 Å². The molecule has 2 fully saturated rings. The lowest BCUT2D eigenvalue weighted by Gasteiger charge is -2.26. The normalized spacial score (nSPS) is 20.8. The molecule has 7 nitrogen and oxygen atoms in total. The number of ether oxygens (including phenoxy) is 2. The Morgan fingerprint density at radius 2 is 1.88 bits per heavy atom. The molecule has 2 aliphatic heterocycles. The van der Waals surface area contributed by atoms with Gasteiger partial charge in [-0.15, -0.1) is 0 Å². The summed E-state index contributed by atoms with van der Waals surface area (Å²) in [6, 6.07) is 7.33. The summed E-state index contributed by atoms with van der Waals surface area (Å²) >= 11 is 0. The number of amides is 2. The third-order valence-corrected chi connectivity index (χ3v) is 4.64. The quantitative estimate of drug-likeness (QED) is 0.919. The van der Waals surface area contributed by atoms with E-state index in [9.17, 15) is 9.59 Å². The standard InChI is InChI=1S/C18H20N2O5/c21-17(12-5-8-24-11-12)19-15-13-3-1-2-4-14(13)25-16(15)18(22)20-6-9-23-10-7-20/h1-4,12H,5-11H2,(H,19,21). The summed E-state index contributed by atoms with van der Waals surface area (Å²) in [4.78, 5) is 27.1. The van der Waals surface area contributed by atoms with Crippen LogP contribution in [-0.4, -0.2) is 56.2 Å². The highest BCUT2D eigenvalue weighted by molar-refractivity contribution is 6.11. The first kappa shape index (κ1) is 16.1. The van der Waals surface area contributed by atoms with Crippen LogP contribution >= 0.6 is 0 Å². The highest BCUT2D eigenvalue weighted by Gasteiger charge is 2.30. The van der Waals surface area contributed by atoms with E-state index >= 15 is 0 Å². The van der Waals surface area contributed by atoms with Crippen LogP contribution in [0.1, 0.15) is 17.0 Å². The first-order valence-electron chi connectivity index (χ1n) is 8.51. The molecule has 0 bridgehead atoms. The molecule has 1 unspecified atom stereocenters. The van der Waals surface area contributed by atoms with Crippen LogP contribution < -0.4 is 5.32 Å². The molecule has 3 heterocycles. The summed E-state index contributed by atoms with van der Waals surface area (Å²) < 4.78 is 16.4. The second kappa shape index (κ2) is 6.85. The van der Waals surface area contributed by atoms with Crippen LogP contribution in [0.25, 0.3) is 11.0 Å². The maximum Gasteiger partial charge on any atom is 0.291 e. The van der Waals surface area contributed by atoms with Crippen LogP contribution in [0.15, 0.2) is 28.7 Å². The van der Waals surface area contributed by atoms with Crippen molar-refractivity contribution in [2.24, 2.45) is 5.92 Å². The Hall–Kier alpha value is -2.38. The molecule has 1 aromatic carbocycles. The zero-order valence-electron chi connectivity index (χ0n) is 13.8. The molecule has 2 amide bonds. The summed E-state index contributed by atoms with van der Waals surface area (Å²) in [5, 5.41) is 3.63. The Morgan fingerprint density at radius 1 is 1.08 bits per heavy atom. The maximum atomic E-state index is 12.9. The van der Waals surface area contributed by atoms with Crippen molar-refractivity contribution in [2.75, 3.05) is 44.8 Å². The Morgan fingerprint density at radius 3 is 2.64 bits per heavy atom. The van der Waals surface area contributed by atoms with E-state index < -0.39 is 0 Å². The van der Waals surface area contributed by atoms with Crippen molar-refractivity contribution < 1.29 is 23.5 Å². The lowest BCUT2D eigenvalue weighted by molar-refractivity contribution is -0.119. The molecule has 2 aliphatic rings. The molecular weight excluding hydrogens is 324 g/mol. The van der Waals surface area contributed by atoms with Crippen molar-refractivity contribution in [3.05, 3.63) is 30.0 Å². The average Bonchev–Trinajstić information content (AvgIpc) is 3.30. The predicted octanol–water partition coefficient (Wildman–Crippen LogP) is 1.88. The highest BCUT2D eigenvalue weighted by atomic mass is 16.5. The smallest absolute Gasteiger partial charge is 0.291 e. The van der Waals surface area contributed by atoms with Crippen LogP contribution in [0.4, 0.5) is 5.69 Å². The van der Waals surface area contributed by atoms with E-state index in [2.05, 4.69) is 5.32 Å². The number of anilines is 1. The summed E-state index contributed by atoms with van der Waals surface area (Å²) in [6.07, 6.45) is 0.689. The topological polar surface area (TPSA) is 81.0 Å². The molecular formula is C18H20N2O5.